The second kappa shape index (κ2) is 5.27. The van der Waals surface area contributed by atoms with Gasteiger partial charge in [-0.15, -0.1) is 0 Å². The third kappa shape index (κ3) is 2.93. The number of carboxylic acid groups (broad SMARTS) is 1. The second-order valence-corrected chi connectivity index (χ2v) is 5.37. The average molecular weight is 267 g/mol. The second-order valence-electron chi connectivity index (χ2n) is 5.37. The van der Waals surface area contributed by atoms with Crippen LogP contribution < -0.4 is 0 Å². The summed E-state index contributed by atoms with van der Waals surface area (Å²) in [4.78, 5) is 13.0. The van der Waals surface area contributed by atoms with Crippen molar-refractivity contribution >= 4 is 5.97 Å². The van der Waals surface area contributed by atoms with Gasteiger partial charge >= 0.3 is 5.97 Å². The number of hydrogen-bond acceptors (Lipinski definition) is 3. The minimum atomic E-state index is -1.24. The highest BCUT2D eigenvalue weighted by Crippen LogP contribution is 2.23. The summed E-state index contributed by atoms with van der Waals surface area (Å²) in [5, 5.41) is 8.93. The largest absolute Gasteiger partial charge is 0.478 e. The molecule has 104 valence electrons. The van der Waals surface area contributed by atoms with Gasteiger partial charge in [-0.3, -0.25) is 4.90 Å². The Morgan fingerprint density at radius 2 is 2.26 bits per heavy atom. The highest BCUT2D eigenvalue weighted by atomic mass is 19.1. The molecule has 5 heteroatoms. The van der Waals surface area contributed by atoms with Crippen LogP contribution in [-0.4, -0.2) is 41.3 Å². The Kier molecular flexibility index (Phi) is 3.87. The van der Waals surface area contributed by atoms with E-state index >= 15 is 0 Å². The monoisotopic (exact) mass is 267 g/mol. The number of halogens is 1. The van der Waals surface area contributed by atoms with Crippen molar-refractivity contribution in [2.45, 2.75) is 25.9 Å². The lowest BCUT2D eigenvalue weighted by atomic mass is 10.0. The van der Waals surface area contributed by atoms with Gasteiger partial charge in [0.05, 0.1) is 18.8 Å². The van der Waals surface area contributed by atoms with Gasteiger partial charge in [0.15, 0.2) is 0 Å². The number of hydrogen-bond donors (Lipinski definition) is 1. The van der Waals surface area contributed by atoms with Gasteiger partial charge < -0.3 is 9.84 Å². The Balaban J connectivity index is 2.23. The first-order valence-electron chi connectivity index (χ1n) is 6.25. The molecule has 0 spiro atoms. The first kappa shape index (κ1) is 14.0. The predicted octanol–water partition coefficient (Wildman–Crippen LogP) is 2.13. The summed E-state index contributed by atoms with van der Waals surface area (Å²) in [7, 11) is 0. The molecule has 0 amide bonds. The van der Waals surface area contributed by atoms with Gasteiger partial charge in [0.2, 0.25) is 0 Å². The fourth-order valence-electron chi connectivity index (χ4n) is 2.26. The van der Waals surface area contributed by atoms with Crippen molar-refractivity contribution < 1.29 is 19.0 Å². The van der Waals surface area contributed by atoms with E-state index in [1.807, 2.05) is 13.8 Å². The summed E-state index contributed by atoms with van der Waals surface area (Å²) in [5.41, 5.74) is -0.0392. The van der Waals surface area contributed by atoms with Crippen molar-refractivity contribution in [2.24, 2.45) is 0 Å². The molecule has 0 saturated carbocycles. The van der Waals surface area contributed by atoms with Crippen LogP contribution in [0.1, 0.15) is 29.8 Å². The third-order valence-electron chi connectivity index (χ3n) is 3.49. The molecule has 1 saturated heterocycles. The molecular weight excluding hydrogens is 249 g/mol. The first-order chi connectivity index (χ1) is 8.92. The Labute approximate surface area is 111 Å². The minimum absolute atomic E-state index is 0.177. The van der Waals surface area contributed by atoms with Crippen LogP contribution in [-0.2, 0) is 11.3 Å². The van der Waals surface area contributed by atoms with E-state index in [1.165, 1.54) is 6.07 Å². The molecule has 1 aromatic rings. The number of ether oxygens (including phenoxy) is 1. The number of rotatable bonds is 3. The van der Waals surface area contributed by atoms with Crippen LogP contribution >= 0.6 is 0 Å². The van der Waals surface area contributed by atoms with E-state index < -0.39 is 11.8 Å². The first-order valence-corrected chi connectivity index (χ1v) is 6.25. The molecule has 0 aliphatic carbocycles. The quantitative estimate of drug-likeness (QED) is 0.911. The zero-order valence-electron chi connectivity index (χ0n) is 11.1. The van der Waals surface area contributed by atoms with Crippen molar-refractivity contribution in [1.29, 1.82) is 0 Å². The van der Waals surface area contributed by atoms with Crippen molar-refractivity contribution in [3.8, 4) is 0 Å². The molecule has 1 N–H and O–H groups in total. The normalized spacial score (nSPS) is 19.3. The lowest BCUT2D eigenvalue weighted by molar-refractivity contribution is -0.0556. The fraction of sp³-hybridized carbons (Fsp3) is 0.500. The molecule has 2 rings (SSSR count). The zero-order valence-corrected chi connectivity index (χ0v) is 11.1. The lowest BCUT2D eigenvalue weighted by Gasteiger charge is -2.42. The van der Waals surface area contributed by atoms with E-state index in [0.717, 1.165) is 0 Å². The van der Waals surface area contributed by atoms with E-state index in [1.54, 1.807) is 12.1 Å². The number of carboxylic acids is 1. The summed E-state index contributed by atoms with van der Waals surface area (Å²) in [6.07, 6.45) is 0. The van der Waals surface area contributed by atoms with Crippen molar-refractivity contribution in [3.05, 3.63) is 35.1 Å². The van der Waals surface area contributed by atoms with Crippen molar-refractivity contribution in [2.75, 3.05) is 19.8 Å². The molecule has 0 radical (unpaired) electrons. The van der Waals surface area contributed by atoms with Crippen LogP contribution in [0.4, 0.5) is 4.39 Å². The summed E-state index contributed by atoms with van der Waals surface area (Å²) in [5.74, 6) is -1.88. The molecule has 0 aromatic heterocycles. The highest BCUT2D eigenvalue weighted by Gasteiger charge is 2.31. The fourth-order valence-corrected chi connectivity index (χ4v) is 2.26. The molecule has 0 unspecified atom stereocenters. The van der Waals surface area contributed by atoms with Crippen molar-refractivity contribution in [3.63, 3.8) is 0 Å². The van der Waals surface area contributed by atoms with E-state index in [-0.39, 0.29) is 11.1 Å². The third-order valence-corrected chi connectivity index (χ3v) is 3.49. The molecule has 1 aliphatic heterocycles. The lowest BCUT2D eigenvalue weighted by Crippen LogP contribution is -2.52. The maximum absolute atomic E-state index is 14.1. The van der Waals surface area contributed by atoms with Crippen LogP contribution in [0.15, 0.2) is 18.2 Å². The molecule has 1 aliphatic rings. The van der Waals surface area contributed by atoms with E-state index in [2.05, 4.69) is 4.90 Å². The van der Waals surface area contributed by atoms with Gasteiger partial charge in [-0.25, -0.2) is 9.18 Å². The predicted molar refractivity (Wildman–Crippen MR) is 68.7 cm³/mol. The Hall–Kier alpha value is -1.46. The summed E-state index contributed by atoms with van der Waals surface area (Å²) < 4.78 is 19.5. The van der Waals surface area contributed by atoms with Gasteiger partial charge in [0.1, 0.15) is 5.82 Å². The maximum atomic E-state index is 14.1. The summed E-state index contributed by atoms with van der Waals surface area (Å²) in [6, 6.07) is 4.49. The minimum Gasteiger partial charge on any atom is -0.478 e. The number of nitrogens with zero attached hydrogens (tertiary/aromatic N) is 1. The smallest absolute Gasteiger partial charge is 0.338 e. The van der Waals surface area contributed by atoms with Gasteiger partial charge in [0, 0.05) is 24.2 Å². The van der Waals surface area contributed by atoms with E-state index in [0.29, 0.717) is 31.9 Å². The maximum Gasteiger partial charge on any atom is 0.338 e. The van der Waals surface area contributed by atoms with Crippen LogP contribution in [0.25, 0.3) is 0 Å². The molecular formula is C14H18FNO3. The molecule has 1 heterocycles. The van der Waals surface area contributed by atoms with Gasteiger partial charge in [-0.05, 0) is 19.9 Å². The topological polar surface area (TPSA) is 49.8 Å². The number of benzene rings is 1. The van der Waals surface area contributed by atoms with Crippen LogP contribution in [0.5, 0.6) is 0 Å². The molecule has 1 fully saturated rings. The van der Waals surface area contributed by atoms with Gasteiger partial charge in [-0.1, -0.05) is 12.1 Å². The molecule has 0 bridgehead atoms. The zero-order chi connectivity index (χ0) is 14.0. The van der Waals surface area contributed by atoms with Crippen LogP contribution in [0.2, 0.25) is 0 Å². The average Bonchev–Trinajstić information content (AvgIpc) is 2.33. The van der Waals surface area contributed by atoms with Crippen LogP contribution in [0, 0.1) is 5.82 Å². The summed E-state index contributed by atoms with van der Waals surface area (Å²) in [6.45, 7) is 6.38. The molecule has 4 nitrogen and oxygen atoms in total. The Morgan fingerprint density at radius 1 is 1.53 bits per heavy atom. The van der Waals surface area contributed by atoms with Gasteiger partial charge in [0.25, 0.3) is 0 Å². The number of carbonyl (C=O) groups is 1. The molecule has 1 aromatic carbocycles. The Morgan fingerprint density at radius 3 is 2.89 bits per heavy atom. The van der Waals surface area contributed by atoms with Gasteiger partial charge in [-0.2, -0.15) is 0 Å². The van der Waals surface area contributed by atoms with E-state index in [4.69, 9.17) is 9.84 Å². The molecule has 19 heavy (non-hydrogen) atoms. The van der Waals surface area contributed by atoms with E-state index in [9.17, 15) is 9.18 Å². The SMILES string of the molecule is CC1(C)COCCN1Cc1cccc(C(=O)O)c1F. The van der Waals surface area contributed by atoms with Crippen LogP contribution in [0.3, 0.4) is 0 Å². The van der Waals surface area contributed by atoms with Crippen molar-refractivity contribution in [1.82, 2.24) is 4.90 Å². The number of morpholine rings is 1. The highest BCUT2D eigenvalue weighted by molar-refractivity contribution is 5.88. The standard InChI is InChI=1S/C14H18FNO3/c1-14(2)9-19-7-6-16(14)8-10-4-3-5-11(12(10)15)13(17)18/h3-5H,6-9H2,1-2H3,(H,17,18). The summed E-state index contributed by atoms with van der Waals surface area (Å²) >= 11 is 0. The number of aromatic carboxylic acids is 1. The molecule has 0 atom stereocenters. The Bertz CT molecular complexity index is 488.